The average molecular weight is 552 g/mol. The van der Waals surface area contributed by atoms with Crippen LogP contribution in [0.3, 0.4) is 0 Å². The third-order valence-electron chi connectivity index (χ3n) is 6.10. The summed E-state index contributed by atoms with van der Waals surface area (Å²) < 4.78 is 34.4. The Labute approximate surface area is 231 Å². The summed E-state index contributed by atoms with van der Waals surface area (Å²) in [7, 11) is -2.73. The predicted octanol–water partition coefficient (Wildman–Crippen LogP) is 4.53. The quantitative estimate of drug-likeness (QED) is 0.399. The lowest BCUT2D eigenvalue weighted by Gasteiger charge is -2.33. The second-order valence-electron chi connectivity index (χ2n) is 10.4. The van der Waals surface area contributed by atoms with Crippen LogP contribution >= 0.6 is 0 Å². The molecule has 0 aromatic heterocycles. The monoisotopic (exact) mass is 551 g/mol. The number of sulfonamides is 1. The highest BCUT2D eigenvalue weighted by molar-refractivity contribution is 7.92. The van der Waals surface area contributed by atoms with Gasteiger partial charge in [-0.1, -0.05) is 60.2 Å². The molecular weight excluding hydrogens is 514 g/mol. The summed E-state index contributed by atoms with van der Waals surface area (Å²) in [6.07, 6.45) is 0. The molecule has 3 aromatic rings. The van der Waals surface area contributed by atoms with E-state index in [2.05, 4.69) is 5.32 Å². The van der Waals surface area contributed by atoms with Crippen molar-refractivity contribution in [3.63, 3.8) is 0 Å². The van der Waals surface area contributed by atoms with Crippen molar-refractivity contribution in [1.29, 1.82) is 0 Å². The fraction of sp³-hybridized carbons (Fsp3) is 0.333. The van der Waals surface area contributed by atoms with E-state index in [9.17, 15) is 18.0 Å². The molecule has 0 aliphatic heterocycles. The number of nitrogens with one attached hydrogen (secondary N) is 1. The van der Waals surface area contributed by atoms with Gasteiger partial charge in [0.1, 0.15) is 18.3 Å². The van der Waals surface area contributed by atoms with Crippen molar-refractivity contribution in [2.75, 3.05) is 18.0 Å². The molecule has 9 heteroatoms. The Bertz CT molecular complexity index is 1380. The lowest BCUT2D eigenvalue weighted by atomic mass is 10.1. The van der Waals surface area contributed by atoms with Crippen LogP contribution in [0.2, 0.25) is 0 Å². The summed E-state index contributed by atoms with van der Waals surface area (Å²) in [5, 5.41) is 2.92. The molecule has 1 N–H and O–H groups in total. The van der Waals surface area contributed by atoms with E-state index in [-0.39, 0.29) is 23.0 Å². The van der Waals surface area contributed by atoms with Gasteiger partial charge in [-0.3, -0.25) is 13.9 Å². The minimum Gasteiger partial charge on any atom is -0.495 e. The van der Waals surface area contributed by atoms with Gasteiger partial charge in [0, 0.05) is 12.1 Å². The van der Waals surface area contributed by atoms with Gasteiger partial charge in [0.2, 0.25) is 11.8 Å². The molecule has 1 atom stereocenters. The van der Waals surface area contributed by atoms with Crippen molar-refractivity contribution in [3.05, 3.63) is 90.0 Å². The first-order chi connectivity index (χ1) is 18.3. The average Bonchev–Trinajstić information content (AvgIpc) is 2.89. The van der Waals surface area contributed by atoms with Crippen LogP contribution in [0.5, 0.6) is 5.75 Å². The molecule has 8 nitrogen and oxygen atoms in total. The fourth-order valence-corrected chi connectivity index (χ4v) is 5.45. The van der Waals surface area contributed by atoms with Crippen molar-refractivity contribution in [3.8, 4) is 5.75 Å². The van der Waals surface area contributed by atoms with Crippen molar-refractivity contribution in [2.24, 2.45) is 0 Å². The number of rotatable bonds is 10. The number of nitrogens with zero attached hydrogens (tertiary/aromatic N) is 2. The number of ether oxygens (including phenoxy) is 1. The first kappa shape index (κ1) is 29.7. The van der Waals surface area contributed by atoms with Gasteiger partial charge in [0.05, 0.1) is 17.7 Å². The number of hydrogen-bond donors (Lipinski definition) is 1. The molecule has 3 aromatic carbocycles. The van der Waals surface area contributed by atoms with Gasteiger partial charge >= 0.3 is 0 Å². The SMILES string of the molecule is COc1ccccc1N(CC(=O)N(Cc1ccccc1)[C@H](C)C(=O)NC(C)(C)C)S(=O)(=O)c1ccc(C)cc1. The molecule has 0 aliphatic rings. The molecule has 0 heterocycles. The van der Waals surface area contributed by atoms with E-state index in [1.807, 2.05) is 58.0 Å². The Morgan fingerprint density at radius 2 is 1.51 bits per heavy atom. The van der Waals surface area contributed by atoms with E-state index >= 15 is 0 Å². The van der Waals surface area contributed by atoms with Crippen LogP contribution in [-0.4, -0.2) is 50.4 Å². The maximum Gasteiger partial charge on any atom is 0.264 e. The Morgan fingerprint density at radius 1 is 0.923 bits per heavy atom. The molecule has 0 saturated carbocycles. The van der Waals surface area contributed by atoms with E-state index in [0.29, 0.717) is 5.75 Å². The van der Waals surface area contributed by atoms with E-state index < -0.39 is 34.1 Å². The highest BCUT2D eigenvalue weighted by Crippen LogP contribution is 2.32. The van der Waals surface area contributed by atoms with Gasteiger partial charge in [-0.05, 0) is 64.4 Å². The van der Waals surface area contributed by atoms with Crippen LogP contribution in [-0.2, 0) is 26.2 Å². The Kier molecular flexibility index (Phi) is 9.40. The number of amides is 2. The number of carbonyl (C=O) groups excluding carboxylic acids is 2. The van der Waals surface area contributed by atoms with Crippen LogP contribution in [0.1, 0.15) is 38.8 Å². The maximum atomic E-state index is 14.0. The Balaban J connectivity index is 2.06. The normalized spacial score (nSPS) is 12.4. The van der Waals surface area contributed by atoms with Crippen LogP contribution < -0.4 is 14.4 Å². The van der Waals surface area contributed by atoms with E-state index in [1.54, 1.807) is 43.3 Å². The fourth-order valence-electron chi connectivity index (χ4n) is 4.02. The zero-order valence-electron chi connectivity index (χ0n) is 23.3. The third-order valence-corrected chi connectivity index (χ3v) is 7.88. The molecule has 0 bridgehead atoms. The highest BCUT2D eigenvalue weighted by atomic mass is 32.2. The van der Waals surface area contributed by atoms with Crippen molar-refractivity contribution >= 4 is 27.5 Å². The standard InChI is InChI=1S/C30H37N3O5S/c1-22-16-18-25(19-17-22)39(36,37)33(26-14-10-11-15-27(26)38-6)21-28(34)32(20-24-12-8-7-9-13-24)23(2)29(35)31-30(3,4)5/h7-19,23H,20-21H2,1-6H3,(H,31,35)/t23-/m1/s1. The predicted molar refractivity (Wildman–Crippen MR) is 153 cm³/mol. The summed E-state index contributed by atoms with van der Waals surface area (Å²) in [4.78, 5) is 28.6. The lowest BCUT2D eigenvalue weighted by molar-refractivity contribution is -0.140. The molecular formula is C30H37N3O5S. The van der Waals surface area contributed by atoms with Crippen LogP contribution in [0.4, 0.5) is 5.69 Å². The molecule has 0 spiro atoms. The summed E-state index contributed by atoms with van der Waals surface area (Å²) in [6, 6.07) is 21.5. The first-order valence-corrected chi connectivity index (χ1v) is 14.2. The number of para-hydroxylation sites is 2. The number of aryl methyl sites for hydroxylation is 1. The van der Waals surface area contributed by atoms with Gasteiger partial charge in [-0.25, -0.2) is 8.42 Å². The zero-order valence-corrected chi connectivity index (χ0v) is 24.2. The number of anilines is 1. The first-order valence-electron chi connectivity index (χ1n) is 12.7. The molecule has 2 amide bonds. The van der Waals surface area contributed by atoms with E-state index in [1.165, 1.54) is 24.1 Å². The van der Waals surface area contributed by atoms with Crippen molar-refractivity contribution in [2.45, 2.75) is 57.6 Å². The molecule has 0 aliphatic carbocycles. The van der Waals surface area contributed by atoms with Crippen LogP contribution in [0.15, 0.2) is 83.8 Å². The molecule has 0 fully saturated rings. The van der Waals surface area contributed by atoms with Gasteiger partial charge in [0.15, 0.2) is 0 Å². The Hall–Kier alpha value is -3.85. The van der Waals surface area contributed by atoms with E-state index in [4.69, 9.17) is 4.74 Å². The van der Waals surface area contributed by atoms with Crippen LogP contribution in [0.25, 0.3) is 0 Å². The minimum atomic E-state index is -4.17. The van der Waals surface area contributed by atoms with Gasteiger partial charge in [-0.15, -0.1) is 0 Å². The second-order valence-corrected chi connectivity index (χ2v) is 12.3. The smallest absolute Gasteiger partial charge is 0.264 e. The Morgan fingerprint density at radius 3 is 2.10 bits per heavy atom. The van der Waals surface area contributed by atoms with Crippen molar-refractivity contribution < 1.29 is 22.7 Å². The summed E-state index contributed by atoms with van der Waals surface area (Å²) >= 11 is 0. The lowest BCUT2D eigenvalue weighted by Crippen LogP contribution is -2.54. The molecule has 39 heavy (non-hydrogen) atoms. The second kappa shape index (κ2) is 12.3. The summed E-state index contributed by atoms with van der Waals surface area (Å²) in [5.41, 5.74) is 1.43. The maximum absolute atomic E-state index is 14.0. The number of hydrogen-bond acceptors (Lipinski definition) is 5. The van der Waals surface area contributed by atoms with Gasteiger partial charge in [0.25, 0.3) is 10.0 Å². The molecule has 208 valence electrons. The van der Waals surface area contributed by atoms with E-state index in [0.717, 1.165) is 15.4 Å². The molecule has 0 unspecified atom stereocenters. The molecule has 0 saturated heterocycles. The third kappa shape index (κ3) is 7.60. The topological polar surface area (TPSA) is 96.0 Å². The van der Waals surface area contributed by atoms with Crippen LogP contribution in [0, 0.1) is 6.92 Å². The summed E-state index contributed by atoms with van der Waals surface area (Å²) in [5.74, 6) is -0.567. The van der Waals surface area contributed by atoms with Crippen molar-refractivity contribution in [1.82, 2.24) is 10.2 Å². The minimum absolute atomic E-state index is 0.0416. The highest BCUT2D eigenvalue weighted by Gasteiger charge is 2.34. The molecule has 3 rings (SSSR count). The van der Waals surface area contributed by atoms with Gasteiger partial charge < -0.3 is 15.0 Å². The zero-order chi connectivity index (χ0) is 28.8. The largest absolute Gasteiger partial charge is 0.495 e. The number of benzene rings is 3. The number of methoxy groups -OCH3 is 1. The summed E-state index contributed by atoms with van der Waals surface area (Å²) in [6.45, 7) is 8.68. The van der Waals surface area contributed by atoms with Gasteiger partial charge in [-0.2, -0.15) is 0 Å². The molecule has 0 radical (unpaired) electrons. The number of carbonyl (C=O) groups is 2.